The zero-order valence-electron chi connectivity index (χ0n) is 9.13. The maximum absolute atomic E-state index is 9.09. The van der Waals surface area contributed by atoms with Crippen molar-refractivity contribution in [1.29, 1.82) is 0 Å². The summed E-state index contributed by atoms with van der Waals surface area (Å²) in [5, 5.41) is 18.0. The molecular formula is C12H19NO2. The predicted octanol–water partition coefficient (Wildman–Crippen LogP) is 0.862. The van der Waals surface area contributed by atoms with Gasteiger partial charge in [0, 0.05) is 19.1 Å². The first-order valence-corrected chi connectivity index (χ1v) is 5.27. The molecule has 0 fully saturated rings. The second-order valence-electron chi connectivity index (χ2n) is 3.71. The summed E-state index contributed by atoms with van der Waals surface area (Å²) in [4.78, 5) is 2.06. The Morgan fingerprint density at radius 3 is 2.40 bits per heavy atom. The van der Waals surface area contributed by atoms with Crippen molar-refractivity contribution in [3.05, 3.63) is 35.9 Å². The molecule has 15 heavy (non-hydrogen) atoms. The van der Waals surface area contributed by atoms with E-state index in [2.05, 4.69) is 17.0 Å². The number of rotatable bonds is 6. The molecule has 3 nitrogen and oxygen atoms in total. The first kappa shape index (κ1) is 12.2. The molecule has 3 heteroatoms. The minimum atomic E-state index is 0.0809. The van der Waals surface area contributed by atoms with Crippen LogP contribution < -0.4 is 0 Å². The van der Waals surface area contributed by atoms with Crippen LogP contribution in [0.2, 0.25) is 0 Å². The maximum atomic E-state index is 9.09. The summed E-state index contributed by atoms with van der Waals surface area (Å²) < 4.78 is 0. The topological polar surface area (TPSA) is 43.7 Å². The van der Waals surface area contributed by atoms with E-state index in [0.717, 1.165) is 6.54 Å². The van der Waals surface area contributed by atoms with Crippen LogP contribution in [0.3, 0.4) is 0 Å². The average molecular weight is 209 g/mol. The first-order valence-electron chi connectivity index (χ1n) is 5.27. The largest absolute Gasteiger partial charge is 0.395 e. The summed E-state index contributed by atoms with van der Waals surface area (Å²) in [5.74, 6) is 0. The quantitative estimate of drug-likeness (QED) is 0.730. The van der Waals surface area contributed by atoms with Crippen molar-refractivity contribution in [2.45, 2.75) is 19.5 Å². The van der Waals surface area contributed by atoms with Gasteiger partial charge < -0.3 is 10.2 Å². The molecule has 0 unspecified atom stereocenters. The second-order valence-corrected chi connectivity index (χ2v) is 3.71. The van der Waals surface area contributed by atoms with Gasteiger partial charge in [0.25, 0.3) is 0 Å². The van der Waals surface area contributed by atoms with Gasteiger partial charge in [-0.3, -0.25) is 4.90 Å². The van der Waals surface area contributed by atoms with Crippen molar-refractivity contribution in [2.24, 2.45) is 0 Å². The van der Waals surface area contributed by atoms with Crippen molar-refractivity contribution >= 4 is 0 Å². The highest BCUT2D eigenvalue weighted by molar-refractivity contribution is 5.14. The molecule has 0 aromatic heterocycles. The third-order valence-electron chi connectivity index (χ3n) is 2.50. The molecule has 1 aromatic rings. The molecule has 1 rings (SSSR count). The molecule has 0 aliphatic heterocycles. The van der Waals surface area contributed by atoms with E-state index in [1.807, 2.05) is 25.1 Å². The van der Waals surface area contributed by atoms with Crippen molar-refractivity contribution in [3.63, 3.8) is 0 Å². The molecule has 0 saturated carbocycles. The molecule has 0 aliphatic carbocycles. The lowest BCUT2D eigenvalue weighted by Gasteiger charge is -2.26. The third kappa shape index (κ3) is 4.00. The fourth-order valence-corrected chi connectivity index (χ4v) is 1.52. The summed E-state index contributed by atoms with van der Waals surface area (Å²) in [6.07, 6.45) is 0. The van der Waals surface area contributed by atoms with Crippen LogP contribution in [-0.4, -0.2) is 40.9 Å². The van der Waals surface area contributed by atoms with Crippen LogP contribution in [0, 0.1) is 0 Å². The van der Waals surface area contributed by atoms with Gasteiger partial charge in [-0.25, -0.2) is 0 Å². The molecule has 0 aliphatic rings. The van der Waals surface area contributed by atoms with E-state index in [4.69, 9.17) is 10.2 Å². The lowest BCUT2D eigenvalue weighted by Crippen LogP contribution is -2.37. The van der Waals surface area contributed by atoms with Crippen molar-refractivity contribution in [2.75, 3.05) is 19.8 Å². The highest BCUT2D eigenvalue weighted by atomic mass is 16.3. The van der Waals surface area contributed by atoms with Crippen LogP contribution in [0.1, 0.15) is 12.5 Å². The number of aliphatic hydroxyl groups is 2. The monoisotopic (exact) mass is 209 g/mol. The fourth-order valence-electron chi connectivity index (χ4n) is 1.52. The van der Waals surface area contributed by atoms with Crippen LogP contribution in [0.4, 0.5) is 0 Å². The summed E-state index contributed by atoms with van der Waals surface area (Å²) in [5.41, 5.74) is 1.20. The molecule has 2 N–H and O–H groups in total. The van der Waals surface area contributed by atoms with E-state index in [9.17, 15) is 0 Å². The summed E-state index contributed by atoms with van der Waals surface area (Å²) >= 11 is 0. The van der Waals surface area contributed by atoms with E-state index >= 15 is 0 Å². The Morgan fingerprint density at radius 1 is 1.20 bits per heavy atom. The molecule has 0 heterocycles. The van der Waals surface area contributed by atoms with Crippen LogP contribution in [0.5, 0.6) is 0 Å². The highest BCUT2D eigenvalue weighted by Gasteiger charge is 2.12. The normalized spacial score (nSPS) is 13.1. The van der Waals surface area contributed by atoms with Crippen LogP contribution in [0.15, 0.2) is 30.3 Å². The van der Waals surface area contributed by atoms with E-state index < -0.39 is 0 Å². The van der Waals surface area contributed by atoms with Crippen LogP contribution in [-0.2, 0) is 6.54 Å². The first-order chi connectivity index (χ1) is 7.27. The Bertz CT molecular complexity index is 264. The number of aliphatic hydroxyl groups excluding tert-OH is 2. The van der Waals surface area contributed by atoms with Crippen molar-refractivity contribution in [3.8, 4) is 0 Å². The molecule has 1 atom stereocenters. The van der Waals surface area contributed by atoms with E-state index in [1.54, 1.807) is 0 Å². The van der Waals surface area contributed by atoms with Gasteiger partial charge in [0.15, 0.2) is 0 Å². The lowest BCUT2D eigenvalue weighted by molar-refractivity contribution is 0.105. The fraction of sp³-hybridized carbons (Fsp3) is 0.500. The molecular weight excluding hydrogens is 190 g/mol. The molecule has 0 bridgehead atoms. The van der Waals surface area contributed by atoms with Gasteiger partial charge in [0.2, 0.25) is 0 Å². The summed E-state index contributed by atoms with van der Waals surface area (Å²) in [6.45, 7) is 3.56. The molecule has 0 saturated heterocycles. The van der Waals surface area contributed by atoms with Gasteiger partial charge in [0.05, 0.1) is 13.2 Å². The van der Waals surface area contributed by atoms with Crippen molar-refractivity contribution < 1.29 is 10.2 Å². The maximum Gasteiger partial charge on any atom is 0.0584 e. The minimum absolute atomic E-state index is 0.0809. The number of hydrogen-bond acceptors (Lipinski definition) is 3. The molecule has 1 aromatic carbocycles. The summed E-state index contributed by atoms with van der Waals surface area (Å²) in [6, 6.07) is 10.2. The number of nitrogens with zero attached hydrogens (tertiary/aromatic N) is 1. The Balaban J connectivity index is 2.58. The standard InChI is InChI=1S/C12H19NO2/c1-11(10-15)13(7-8-14)9-12-5-3-2-4-6-12/h2-6,11,14-15H,7-10H2,1H3/t11-/m1/s1. The van der Waals surface area contributed by atoms with Gasteiger partial charge in [-0.05, 0) is 12.5 Å². The van der Waals surface area contributed by atoms with E-state index in [0.29, 0.717) is 6.54 Å². The Kier molecular flexibility index (Phi) is 5.32. The zero-order valence-corrected chi connectivity index (χ0v) is 9.13. The van der Waals surface area contributed by atoms with Gasteiger partial charge in [0.1, 0.15) is 0 Å². The average Bonchev–Trinajstić information content (AvgIpc) is 2.29. The van der Waals surface area contributed by atoms with Crippen LogP contribution in [0.25, 0.3) is 0 Å². The smallest absolute Gasteiger partial charge is 0.0584 e. The van der Waals surface area contributed by atoms with Gasteiger partial charge >= 0.3 is 0 Å². The van der Waals surface area contributed by atoms with E-state index in [-0.39, 0.29) is 19.3 Å². The Labute approximate surface area is 91.0 Å². The predicted molar refractivity (Wildman–Crippen MR) is 60.5 cm³/mol. The third-order valence-corrected chi connectivity index (χ3v) is 2.50. The minimum Gasteiger partial charge on any atom is -0.395 e. The molecule has 0 spiro atoms. The second kappa shape index (κ2) is 6.56. The molecule has 0 radical (unpaired) electrons. The SMILES string of the molecule is C[C@H](CO)N(CCO)Cc1ccccc1. The highest BCUT2D eigenvalue weighted by Crippen LogP contribution is 2.07. The lowest BCUT2D eigenvalue weighted by atomic mass is 10.2. The van der Waals surface area contributed by atoms with Crippen molar-refractivity contribution in [1.82, 2.24) is 4.90 Å². The zero-order chi connectivity index (χ0) is 11.1. The van der Waals surface area contributed by atoms with Gasteiger partial charge in [-0.1, -0.05) is 30.3 Å². The molecule has 84 valence electrons. The van der Waals surface area contributed by atoms with Gasteiger partial charge in [-0.15, -0.1) is 0 Å². The molecule has 0 amide bonds. The Hall–Kier alpha value is -0.900. The Morgan fingerprint density at radius 2 is 1.87 bits per heavy atom. The van der Waals surface area contributed by atoms with E-state index in [1.165, 1.54) is 5.56 Å². The number of benzene rings is 1. The summed E-state index contributed by atoms with van der Waals surface area (Å²) in [7, 11) is 0. The van der Waals surface area contributed by atoms with Crippen LogP contribution >= 0.6 is 0 Å². The van der Waals surface area contributed by atoms with Gasteiger partial charge in [-0.2, -0.15) is 0 Å². The number of hydrogen-bond donors (Lipinski definition) is 2.